The summed E-state index contributed by atoms with van der Waals surface area (Å²) in [5.41, 5.74) is 0. The fraction of sp³-hybridized carbons (Fsp3) is 0.545. The molecule has 1 amide bonds. The van der Waals surface area contributed by atoms with Crippen molar-refractivity contribution in [3.05, 3.63) is 18.2 Å². The van der Waals surface area contributed by atoms with Crippen molar-refractivity contribution in [3.63, 3.8) is 0 Å². The highest BCUT2D eigenvalue weighted by Crippen LogP contribution is 2.33. The van der Waals surface area contributed by atoms with E-state index >= 15 is 0 Å². The highest BCUT2D eigenvalue weighted by molar-refractivity contribution is 5.90. The van der Waals surface area contributed by atoms with Gasteiger partial charge in [0.25, 0.3) is 0 Å². The Balaban J connectivity index is 1.75. The second kappa shape index (κ2) is 5.34. The maximum absolute atomic E-state index is 12.7. The molecule has 7 heteroatoms. The molecule has 1 aromatic heterocycles. The number of carbonyl (C=O) groups excluding carboxylic acids is 1. The number of nitrogens with one attached hydrogen (secondary N) is 1. The van der Waals surface area contributed by atoms with Gasteiger partial charge in [-0.05, 0) is 13.5 Å². The molecule has 1 N–H and O–H groups in total. The van der Waals surface area contributed by atoms with E-state index in [1.165, 1.54) is 0 Å². The lowest BCUT2D eigenvalue weighted by atomic mass is 10.4. The van der Waals surface area contributed by atoms with Crippen LogP contribution in [0.15, 0.2) is 12.4 Å². The second-order valence-corrected chi connectivity index (χ2v) is 4.48. The topological polar surface area (TPSA) is 58.1 Å². The first-order valence-electron chi connectivity index (χ1n) is 5.64. The number of nitrogens with zero attached hydrogens (tertiary/aromatic N) is 3. The zero-order chi connectivity index (χ0) is 13.1. The van der Waals surface area contributed by atoms with Crippen molar-refractivity contribution in [2.45, 2.75) is 12.6 Å². The fourth-order valence-corrected chi connectivity index (χ4v) is 1.65. The average Bonchev–Trinajstić information content (AvgIpc) is 2.97. The van der Waals surface area contributed by atoms with Gasteiger partial charge in [0.15, 0.2) is 5.82 Å². The van der Waals surface area contributed by atoms with Crippen molar-refractivity contribution < 1.29 is 13.6 Å². The Hall–Kier alpha value is -1.63. The molecule has 1 heterocycles. The van der Waals surface area contributed by atoms with E-state index in [1.807, 2.05) is 0 Å². The number of aromatic nitrogens is 2. The summed E-state index contributed by atoms with van der Waals surface area (Å²) in [6.45, 7) is 0.683. The Bertz CT molecular complexity index is 426. The molecule has 0 spiro atoms. The lowest BCUT2D eigenvalue weighted by Crippen LogP contribution is -2.32. The Morgan fingerprint density at radius 1 is 1.56 bits per heavy atom. The first-order chi connectivity index (χ1) is 8.54. The van der Waals surface area contributed by atoms with Gasteiger partial charge in [0.05, 0.1) is 18.9 Å². The summed E-state index contributed by atoms with van der Waals surface area (Å²) >= 11 is 0. The summed E-state index contributed by atoms with van der Waals surface area (Å²) in [5.74, 6) is -0.762. The van der Waals surface area contributed by atoms with Crippen LogP contribution >= 0.6 is 0 Å². The number of hydrogen-bond donors (Lipinski definition) is 1. The third kappa shape index (κ3) is 3.69. The molecule has 1 fully saturated rings. The molecule has 1 aliphatic rings. The normalized spacial score (nSPS) is 22.0. The molecule has 98 valence electrons. The van der Waals surface area contributed by atoms with Gasteiger partial charge in [-0.2, -0.15) is 0 Å². The maximum Gasteiger partial charge on any atom is 0.240 e. The molecule has 0 aliphatic heterocycles. The standard InChI is InChI=1S/C11H14F2N4O/c1-17(5-7-2-9(7)13)6-10(18)16-11-14-3-8(12)4-15-11/h3-4,7,9H,2,5-6H2,1H3,(H,14,15,16,18)/t7?,9-/m0/s1. The van der Waals surface area contributed by atoms with Gasteiger partial charge >= 0.3 is 0 Å². The Morgan fingerprint density at radius 2 is 2.17 bits per heavy atom. The number of anilines is 1. The predicted molar refractivity (Wildman–Crippen MR) is 61.1 cm³/mol. The fourth-order valence-electron chi connectivity index (χ4n) is 1.65. The number of likely N-dealkylation sites (N-methyl/N-ethyl adjacent to an activating group) is 1. The summed E-state index contributed by atoms with van der Waals surface area (Å²) < 4.78 is 25.2. The van der Waals surface area contributed by atoms with E-state index in [9.17, 15) is 13.6 Å². The molecule has 0 radical (unpaired) electrons. The van der Waals surface area contributed by atoms with Crippen LogP contribution in [0.1, 0.15) is 6.42 Å². The number of amides is 1. The minimum absolute atomic E-state index is 0.0462. The summed E-state index contributed by atoms with van der Waals surface area (Å²) in [6, 6.07) is 0. The molecule has 2 rings (SSSR count). The lowest BCUT2D eigenvalue weighted by Gasteiger charge is -2.14. The van der Waals surface area contributed by atoms with Gasteiger partial charge in [-0.3, -0.25) is 15.0 Å². The molecule has 18 heavy (non-hydrogen) atoms. The van der Waals surface area contributed by atoms with E-state index in [1.54, 1.807) is 11.9 Å². The molecule has 0 saturated heterocycles. The van der Waals surface area contributed by atoms with Gasteiger partial charge in [0.1, 0.15) is 6.17 Å². The van der Waals surface area contributed by atoms with Crippen LogP contribution in [0, 0.1) is 11.7 Å². The van der Waals surface area contributed by atoms with Gasteiger partial charge in [-0.25, -0.2) is 18.7 Å². The van der Waals surface area contributed by atoms with Gasteiger partial charge in [-0.1, -0.05) is 0 Å². The van der Waals surface area contributed by atoms with E-state index in [2.05, 4.69) is 15.3 Å². The third-order valence-electron chi connectivity index (χ3n) is 2.67. The highest BCUT2D eigenvalue weighted by atomic mass is 19.1. The molecule has 1 unspecified atom stereocenters. The smallest absolute Gasteiger partial charge is 0.240 e. The van der Waals surface area contributed by atoms with E-state index in [4.69, 9.17) is 0 Å². The van der Waals surface area contributed by atoms with Gasteiger partial charge in [0.2, 0.25) is 11.9 Å². The van der Waals surface area contributed by atoms with Crippen LogP contribution in [0.2, 0.25) is 0 Å². The molecule has 0 aromatic carbocycles. The summed E-state index contributed by atoms with van der Waals surface area (Å²) in [5, 5.41) is 2.44. The van der Waals surface area contributed by atoms with Crippen LogP contribution in [0.5, 0.6) is 0 Å². The molecule has 2 atom stereocenters. The van der Waals surface area contributed by atoms with Crippen LogP contribution in [-0.2, 0) is 4.79 Å². The van der Waals surface area contributed by atoms with Gasteiger partial charge < -0.3 is 0 Å². The molecule has 0 bridgehead atoms. The van der Waals surface area contributed by atoms with Gasteiger partial charge in [0, 0.05) is 12.5 Å². The molecule has 1 aliphatic carbocycles. The Morgan fingerprint density at radius 3 is 2.72 bits per heavy atom. The largest absolute Gasteiger partial charge is 0.297 e. The monoisotopic (exact) mass is 256 g/mol. The average molecular weight is 256 g/mol. The van der Waals surface area contributed by atoms with Crippen molar-refractivity contribution in [1.82, 2.24) is 14.9 Å². The SMILES string of the molecule is CN(CC(=O)Nc1ncc(F)cn1)CC1C[C@@H]1F. The van der Waals surface area contributed by atoms with Crippen LogP contribution in [-0.4, -0.2) is 47.1 Å². The zero-order valence-electron chi connectivity index (χ0n) is 9.94. The third-order valence-corrected chi connectivity index (χ3v) is 2.67. The van der Waals surface area contributed by atoms with E-state index in [0.29, 0.717) is 13.0 Å². The van der Waals surface area contributed by atoms with Crippen molar-refractivity contribution in [1.29, 1.82) is 0 Å². The minimum Gasteiger partial charge on any atom is -0.297 e. The van der Waals surface area contributed by atoms with Crippen LogP contribution in [0.4, 0.5) is 14.7 Å². The number of alkyl halides is 1. The second-order valence-electron chi connectivity index (χ2n) is 4.48. The molecular formula is C11H14F2N4O. The van der Waals surface area contributed by atoms with E-state index in [0.717, 1.165) is 12.4 Å². The van der Waals surface area contributed by atoms with E-state index < -0.39 is 12.0 Å². The minimum atomic E-state index is -0.726. The zero-order valence-corrected chi connectivity index (χ0v) is 9.94. The van der Waals surface area contributed by atoms with Crippen LogP contribution < -0.4 is 5.32 Å². The Kier molecular flexibility index (Phi) is 3.81. The molecular weight excluding hydrogens is 242 g/mol. The lowest BCUT2D eigenvalue weighted by molar-refractivity contribution is -0.117. The van der Waals surface area contributed by atoms with Gasteiger partial charge in [-0.15, -0.1) is 0 Å². The van der Waals surface area contributed by atoms with Crippen molar-refractivity contribution in [3.8, 4) is 0 Å². The maximum atomic E-state index is 12.7. The highest BCUT2D eigenvalue weighted by Gasteiger charge is 2.37. The predicted octanol–water partition coefficient (Wildman–Crippen LogP) is 0.844. The number of hydrogen-bond acceptors (Lipinski definition) is 4. The molecule has 1 aromatic rings. The van der Waals surface area contributed by atoms with Crippen molar-refractivity contribution in [2.75, 3.05) is 25.5 Å². The number of carbonyl (C=O) groups is 1. The molecule has 5 nitrogen and oxygen atoms in total. The number of halogens is 2. The van der Waals surface area contributed by atoms with E-state index in [-0.39, 0.29) is 24.3 Å². The number of rotatable bonds is 5. The summed E-state index contributed by atoms with van der Waals surface area (Å²) in [4.78, 5) is 20.5. The summed E-state index contributed by atoms with van der Waals surface area (Å²) in [6.07, 6.45) is 1.80. The van der Waals surface area contributed by atoms with Crippen LogP contribution in [0.3, 0.4) is 0 Å². The van der Waals surface area contributed by atoms with Crippen molar-refractivity contribution in [2.24, 2.45) is 5.92 Å². The first-order valence-corrected chi connectivity index (χ1v) is 5.64. The Labute approximate surface area is 103 Å². The summed E-state index contributed by atoms with van der Waals surface area (Å²) in [7, 11) is 1.75. The van der Waals surface area contributed by atoms with Crippen LogP contribution in [0.25, 0.3) is 0 Å². The first kappa shape index (κ1) is 12.8. The molecule has 1 saturated carbocycles. The quantitative estimate of drug-likeness (QED) is 0.848. The van der Waals surface area contributed by atoms with Crippen molar-refractivity contribution >= 4 is 11.9 Å².